The molecule has 27 heavy (non-hydrogen) atoms. The Balaban J connectivity index is 1.83. The maximum Gasteiger partial charge on any atom is 0.257 e. The van der Waals surface area contributed by atoms with Gasteiger partial charge in [0.25, 0.3) is 5.89 Å². The van der Waals surface area contributed by atoms with Crippen molar-refractivity contribution in [3.8, 4) is 11.5 Å². The molecule has 0 N–H and O–H groups in total. The van der Waals surface area contributed by atoms with Gasteiger partial charge in [0.15, 0.2) is 15.7 Å². The van der Waals surface area contributed by atoms with Gasteiger partial charge >= 0.3 is 0 Å². The number of sulfone groups is 1. The molecule has 3 rings (SSSR count). The molecule has 0 unspecified atom stereocenters. The van der Waals surface area contributed by atoms with Crippen molar-refractivity contribution >= 4 is 15.7 Å². The number of amides is 1. The summed E-state index contributed by atoms with van der Waals surface area (Å²) in [5.41, 5.74) is 0.813. The van der Waals surface area contributed by atoms with Gasteiger partial charge in [0.1, 0.15) is 5.75 Å². The van der Waals surface area contributed by atoms with E-state index in [1.54, 1.807) is 11.8 Å². The molecule has 8 heteroatoms. The number of benzene rings is 1. The van der Waals surface area contributed by atoms with Gasteiger partial charge in [-0.25, -0.2) is 8.42 Å². The van der Waals surface area contributed by atoms with Gasteiger partial charge in [-0.2, -0.15) is 4.98 Å². The van der Waals surface area contributed by atoms with Crippen molar-refractivity contribution in [3.05, 3.63) is 36.2 Å². The van der Waals surface area contributed by atoms with Gasteiger partial charge in [0.2, 0.25) is 5.91 Å². The van der Waals surface area contributed by atoms with Crippen LogP contribution in [-0.2, 0) is 14.6 Å². The summed E-state index contributed by atoms with van der Waals surface area (Å²) in [7, 11) is -3.39. The van der Waals surface area contributed by atoms with Crippen LogP contribution in [0.2, 0.25) is 0 Å². The van der Waals surface area contributed by atoms with E-state index in [2.05, 4.69) is 10.1 Å². The summed E-state index contributed by atoms with van der Waals surface area (Å²) >= 11 is 0. The quantitative estimate of drug-likeness (QED) is 0.751. The van der Waals surface area contributed by atoms with Gasteiger partial charge in [-0.1, -0.05) is 43.1 Å². The van der Waals surface area contributed by atoms with E-state index >= 15 is 0 Å². The van der Waals surface area contributed by atoms with Crippen LogP contribution in [0.4, 0.5) is 0 Å². The van der Waals surface area contributed by atoms with Crippen LogP contribution in [0, 0.1) is 0 Å². The molecule has 2 heterocycles. The lowest BCUT2D eigenvalue weighted by Gasteiger charge is -2.27. The molecule has 146 valence electrons. The molecule has 2 aromatic rings. The van der Waals surface area contributed by atoms with E-state index in [1.807, 2.05) is 30.3 Å². The zero-order valence-corrected chi connectivity index (χ0v) is 16.3. The molecular formula is C19H25N3O4S. The highest BCUT2D eigenvalue weighted by atomic mass is 32.2. The fraction of sp³-hybridized carbons (Fsp3) is 0.526. The number of carbonyl (C=O) groups excluding carboxylic acids is 1. The second-order valence-electron chi connectivity index (χ2n) is 6.87. The maximum absolute atomic E-state index is 12.8. The van der Waals surface area contributed by atoms with Crippen molar-refractivity contribution in [1.82, 2.24) is 15.0 Å². The minimum Gasteiger partial charge on any atom is -0.334 e. The highest BCUT2D eigenvalue weighted by Crippen LogP contribution is 2.30. The first-order valence-corrected chi connectivity index (χ1v) is 11.2. The molecule has 1 amide bonds. The van der Waals surface area contributed by atoms with E-state index in [-0.39, 0.29) is 17.7 Å². The molecule has 1 saturated heterocycles. The first kappa shape index (κ1) is 19.5. The predicted molar refractivity (Wildman–Crippen MR) is 102 cm³/mol. The molecule has 1 atom stereocenters. The van der Waals surface area contributed by atoms with Crippen LogP contribution in [0.25, 0.3) is 11.5 Å². The zero-order chi connectivity index (χ0) is 19.3. The summed E-state index contributed by atoms with van der Waals surface area (Å²) in [6.07, 6.45) is 3.98. The highest BCUT2D eigenvalue weighted by Gasteiger charge is 2.32. The van der Waals surface area contributed by atoms with Crippen molar-refractivity contribution < 1.29 is 17.7 Å². The van der Waals surface area contributed by atoms with Crippen molar-refractivity contribution in [2.75, 3.05) is 18.1 Å². The maximum atomic E-state index is 12.8. The van der Waals surface area contributed by atoms with Crippen LogP contribution >= 0.6 is 0 Å². The molecule has 1 aliphatic rings. The number of nitrogens with zero attached hydrogens (tertiary/aromatic N) is 3. The third-order valence-electron chi connectivity index (χ3n) is 4.69. The van der Waals surface area contributed by atoms with Gasteiger partial charge in [0, 0.05) is 12.1 Å². The Bertz CT molecular complexity index is 864. The lowest BCUT2D eigenvalue weighted by molar-refractivity contribution is -0.131. The van der Waals surface area contributed by atoms with E-state index in [4.69, 9.17) is 4.52 Å². The van der Waals surface area contributed by atoms with E-state index in [0.29, 0.717) is 31.1 Å². The Hall–Kier alpha value is -2.22. The van der Waals surface area contributed by atoms with Gasteiger partial charge in [-0.15, -0.1) is 0 Å². The number of hydrogen-bond acceptors (Lipinski definition) is 6. The molecule has 0 saturated carbocycles. The zero-order valence-electron chi connectivity index (χ0n) is 15.5. The Morgan fingerprint density at radius 2 is 2.00 bits per heavy atom. The van der Waals surface area contributed by atoms with Gasteiger partial charge in [0.05, 0.1) is 11.8 Å². The van der Waals surface area contributed by atoms with Crippen molar-refractivity contribution in [3.63, 3.8) is 0 Å². The predicted octanol–water partition coefficient (Wildman–Crippen LogP) is 3.01. The number of rotatable bonds is 6. The number of likely N-dealkylation sites (tertiary alicyclic amines) is 1. The van der Waals surface area contributed by atoms with E-state index in [0.717, 1.165) is 24.8 Å². The second kappa shape index (κ2) is 8.65. The minimum atomic E-state index is -3.39. The Labute approximate surface area is 159 Å². The Morgan fingerprint density at radius 1 is 1.22 bits per heavy atom. The third kappa shape index (κ3) is 4.94. The molecule has 0 bridgehead atoms. The fourth-order valence-electron chi connectivity index (χ4n) is 3.40. The highest BCUT2D eigenvalue weighted by molar-refractivity contribution is 7.92. The van der Waals surface area contributed by atoms with Crippen LogP contribution in [0.5, 0.6) is 0 Å². The van der Waals surface area contributed by atoms with E-state index in [9.17, 15) is 13.2 Å². The number of carbonyl (C=O) groups is 1. The monoisotopic (exact) mass is 391 g/mol. The van der Waals surface area contributed by atoms with Crippen LogP contribution in [0.1, 0.15) is 50.9 Å². The molecule has 0 aliphatic carbocycles. The van der Waals surface area contributed by atoms with Gasteiger partial charge < -0.3 is 9.42 Å². The summed E-state index contributed by atoms with van der Waals surface area (Å²) in [4.78, 5) is 18.9. The average molecular weight is 391 g/mol. The van der Waals surface area contributed by atoms with Crippen LogP contribution < -0.4 is 0 Å². The SMILES string of the molecule is CCCS(=O)(=O)CC(=O)N1CCCCC[C@H]1c1noc(-c2ccccc2)n1. The molecule has 1 aliphatic heterocycles. The molecule has 0 radical (unpaired) electrons. The smallest absolute Gasteiger partial charge is 0.257 e. The molecular weight excluding hydrogens is 366 g/mol. The average Bonchev–Trinajstić information content (AvgIpc) is 2.99. The van der Waals surface area contributed by atoms with Crippen molar-refractivity contribution in [2.45, 2.75) is 45.1 Å². The molecule has 1 aromatic carbocycles. The topological polar surface area (TPSA) is 93.4 Å². The molecule has 1 fully saturated rings. The standard InChI is InChI=1S/C19H25N3O4S/c1-2-13-27(24,25)14-17(23)22-12-8-4-7-11-16(22)18-20-19(26-21-18)15-9-5-3-6-10-15/h3,5-6,9-10,16H,2,4,7-8,11-14H2,1H3/t16-/m0/s1. The molecule has 1 aromatic heterocycles. The summed E-state index contributed by atoms with van der Waals surface area (Å²) < 4.78 is 29.6. The van der Waals surface area contributed by atoms with Gasteiger partial charge in [-0.05, 0) is 31.4 Å². The largest absolute Gasteiger partial charge is 0.334 e. The lowest BCUT2D eigenvalue weighted by atomic mass is 10.1. The molecule has 7 nitrogen and oxygen atoms in total. The Morgan fingerprint density at radius 3 is 2.74 bits per heavy atom. The second-order valence-corrected chi connectivity index (χ2v) is 9.05. The van der Waals surface area contributed by atoms with Crippen molar-refractivity contribution in [1.29, 1.82) is 0 Å². The van der Waals surface area contributed by atoms with Crippen LogP contribution in [0.3, 0.4) is 0 Å². The number of hydrogen-bond donors (Lipinski definition) is 0. The van der Waals surface area contributed by atoms with Gasteiger partial charge in [-0.3, -0.25) is 4.79 Å². The number of aromatic nitrogens is 2. The Kier molecular flexibility index (Phi) is 6.26. The van der Waals surface area contributed by atoms with E-state index < -0.39 is 15.6 Å². The lowest BCUT2D eigenvalue weighted by Crippen LogP contribution is -2.39. The summed E-state index contributed by atoms with van der Waals surface area (Å²) in [5.74, 6) is 0.0393. The molecule has 0 spiro atoms. The minimum absolute atomic E-state index is 0.0254. The van der Waals surface area contributed by atoms with Crippen LogP contribution in [0.15, 0.2) is 34.9 Å². The summed E-state index contributed by atoms with van der Waals surface area (Å²) in [6.45, 7) is 2.31. The van der Waals surface area contributed by atoms with Crippen LogP contribution in [-0.4, -0.2) is 47.4 Å². The first-order chi connectivity index (χ1) is 13.0. The first-order valence-electron chi connectivity index (χ1n) is 9.39. The van der Waals surface area contributed by atoms with E-state index in [1.165, 1.54) is 0 Å². The summed E-state index contributed by atoms with van der Waals surface area (Å²) in [5, 5.41) is 4.09. The fourth-order valence-corrected chi connectivity index (χ4v) is 4.71. The normalized spacial score (nSPS) is 18.3. The van der Waals surface area contributed by atoms with Crippen molar-refractivity contribution in [2.24, 2.45) is 0 Å². The third-order valence-corrected chi connectivity index (χ3v) is 6.41. The summed E-state index contributed by atoms with van der Waals surface area (Å²) in [6, 6.07) is 9.09.